The molecular formula is C14H21N3O2. The highest BCUT2D eigenvalue weighted by Crippen LogP contribution is 2.31. The Labute approximate surface area is 113 Å². The summed E-state index contributed by atoms with van der Waals surface area (Å²) in [5, 5.41) is 11.0. The molecular weight excluding hydrogens is 242 g/mol. The van der Waals surface area contributed by atoms with Gasteiger partial charge in [-0.15, -0.1) is 0 Å². The summed E-state index contributed by atoms with van der Waals surface area (Å²) in [5.41, 5.74) is 8.03. The predicted octanol–water partition coefficient (Wildman–Crippen LogP) is 2.47. The molecule has 2 unspecified atom stereocenters. The normalized spacial score (nSPS) is 23.4. The highest BCUT2D eigenvalue weighted by atomic mass is 16.6. The molecule has 0 aromatic heterocycles. The van der Waals surface area contributed by atoms with Crippen LogP contribution in [0.25, 0.3) is 0 Å². The molecule has 104 valence electrons. The van der Waals surface area contributed by atoms with Crippen molar-refractivity contribution < 1.29 is 4.92 Å². The smallest absolute Gasteiger partial charge is 0.274 e. The molecule has 0 spiro atoms. The number of piperidine rings is 1. The van der Waals surface area contributed by atoms with Crippen molar-refractivity contribution in [1.29, 1.82) is 0 Å². The number of anilines is 1. The molecule has 1 aliphatic heterocycles. The van der Waals surface area contributed by atoms with E-state index in [1.165, 1.54) is 0 Å². The van der Waals surface area contributed by atoms with Crippen molar-refractivity contribution in [3.8, 4) is 0 Å². The minimum atomic E-state index is -0.314. The fraction of sp³-hybridized carbons (Fsp3) is 0.571. The van der Waals surface area contributed by atoms with E-state index in [-0.39, 0.29) is 16.7 Å². The Morgan fingerprint density at radius 2 is 2.26 bits per heavy atom. The standard InChI is InChI=1S/C14H21N3O2/c1-3-11-9-16(8-7-12(11)15)13-5-4-6-14(10(13)2)17(18)19/h4-6,11-12H,3,7-9,15H2,1-2H3. The lowest BCUT2D eigenvalue weighted by molar-refractivity contribution is -0.385. The van der Waals surface area contributed by atoms with Crippen molar-refractivity contribution in [2.24, 2.45) is 11.7 Å². The summed E-state index contributed by atoms with van der Waals surface area (Å²) in [4.78, 5) is 12.9. The molecule has 5 nitrogen and oxygen atoms in total. The maximum Gasteiger partial charge on any atom is 0.274 e. The second kappa shape index (κ2) is 5.57. The van der Waals surface area contributed by atoms with Crippen molar-refractivity contribution >= 4 is 11.4 Å². The van der Waals surface area contributed by atoms with Gasteiger partial charge in [0.25, 0.3) is 5.69 Å². The van der Waals surface area contributed by atoms with Crippen LogP contribution < -0.4 is 10.6 Å². The van der Waals surface area contributed by atoms with Gasteiger partial charge in [0.1, 0.15) is 0 Å². The molecule has 0 bridgehead atoms. The maximum atomic E-state index is 11.0. The molecule has 5 heteroatoms. The lowest BCUT2D eigenvalue weighted by Crippen LogP contribution is -2.47. The van der Waals surface area contributed by atoms with E-state index in [2.05, 4.69) is 11.8 Å². The molecule has 0 amide bonds. The first-order valence-corrected chi connectivity index (χ1v) is 6.79. The maximum absolute atomic E-state index is 11.0. The van der Waals surface area contributed by atoms with Crippen LogP contribution in [0.3, 0.4) is 0 Å². The molecule has 1 saturated heterocycles. The van der Waals surface area contributed by atoms with Crippen molar-refractivity contribution in [3.63, 3.8) is 0 Å². The average Bonchev–Trinajstić information content (AvgIpc) is 2.39. The first-order valence-electron chi connectivity index (χ1n) is 6.79. The van der Waals surface area contributed by atoms with Crippen LogP contribution in [0.15, 0.2) is 18.2 Å². The summed E-state index contributed by atoms with van der Waals surface area (Å²) < 4.78 is 0. The highest BCUT2D eigenvalue weighted by molar-refractivity contribution is 5.61. The lowest BCUT2D eigenvalue weighted by atomic mass is 9.90. The van der Waals surface area contributed by atoms with Crippen LogP contribution >= 0.6 is 0 Å². The van der Waals surface area contributed by atoms with Gasteiger partial charge in [-0.05, 0) is 25.3 Å². The van der Waals surface area contributed by atoms with Crippen LogP contribution in [-0.2, 0) is 0 Å². The van der Waals surface area contributed by atoms with Crippen molar-refractivity contribution in [1.82, 2.24) is 0 Å². The Balaban J connectivity index is 2.27. The van der Waals surface area contributed by atoms with E-state index in [1.807, 2.05) is 13.0 Å². The number of rotatable bonds is 3. The van der Waals surface area contributed by atoms with E-state index in [4.69, 9.17) is 5.73 Å². The van der Waals surface area contributed by atoms with Gasteiger partial charge in [0.05, 0.1) is 10.5 Å². The van der Waals surface area contributed by atoms with Crippen LogP contribution in [0.1, 0.15) is 25.3 Å². The van der Waals surface area contributed by atoms with E-state index in [0.717, 1.165) is 37.2 Å². The number of hydrogen-bond donors (Lipinski definition) is 1. The first kappa shape index (κ1) is 13.8. The van der Waals surface area contributed by atoms with Gasteiger partial charge in [-0.2, -0.15) is 0 Å². The number of benzene rings is 1. The number of nitrogens with zero attached hydrogens (tertiary/aromatic N) is 2. The van der Waals surface area contributed by atoms with Gasteiger partial charge < -0.3 is 10.6 Å². The summed E-state index contributed by atoms with van der Waals surface area (Å²) in [5.74, 6) is 0.465. The largest absolute Gasteiger partial charge is 0.371 e. The zero-order chi connectivity index (χ0) is 14.0. The first-order chi connectivity index (χ1) is 9.04. The molecule has 0 aliphatic carbocycles. The lowest BCUT2D eigenvalue weighted by Gasteiger charge is -2.38. The van der Waals surface area contributed by atoms with Gasteiger partial charge in [-0.25, -0.2) is 0 Å². The van der Waals surface area contributed by atoms with Crippen LogP contribution in [0.4, 0.5) is 11.4 Å². The third-order valence-electron chi connectivity index (χ3n) is 4.13. The van der Waals surface area contributed by atoms with Gasteiger partial charge in [-0.1, -0.05) is 19.4 Å². The fourth-order valence-electron chi connectivity index (χ4n) is 2.85. The van der Waals surface area contributed by atoms with Crippen LogP contribution in [0.5, 0.6) is 0 Å². The zero-order valence-corrected chi connectivity index (χ0v) is 11.5. The van der Waals surface area contributed by atoms with Crippen LogP contribution in [-0.4, -0.2) is 24.1 Å². The van der Waals surface area contributed by atoms with Crippen molar-refractivity contribution in [2.75, 3.05) is 18.0 Å². The predicted molar refractivity (Wildman–Crippen MR) is 76.4 cm³/mol. The zero-order valence-electron chi connectivity index (χ0n) is 11.5. The molecule has 1 aromatic carbocycles. The Morgan fingerprint density at radius 3 is 2.89 bits per heavy atom. The fourth-order valence-corrected chi connectivity index (χ4v) is 2.85. The molecule has 2 rings (SSSR count). The summed E-state index contributed by atoms with van der Waals surface area (Å²) >= 11 is 0. The SMILES string of the molecule is CCC1CN(c2cccc([N+](=O)[O-])c2C)CCC1N. The molecule has 1 aliphatic rings. The summed E-state index contributed by atoms with van der Waals surface area (Å²) in [7, 11) is 0. The second-order valence-corrected chi connectivity index (χ2v) is 5.25. The van der Waals surface area contributed by atoms with E-state index in [0.29, 0.717) is 5.92 Å². The second-order valence-electron chi connectivity index (χ2n) is 5.25. The van der Waals surface area contributed by atoms with Gasteiger partial charge in [0.2, 0.25) is 0 Å². The molecule has 1 aromatic rings. The quantitative estimate of drug-likeness (QED) is 0.671. The monoisotopic (exact) mass is 263 g/mol. The van der Waals surface area contributed by atoms with E-state index >= 15 is 0 Å². The molecule has 2 atom stereocenters. The molecule has 1 heterocycles. The molecule has 0 saturated carbocycles. The van der Waals surface area contributed by atoms with Gasteiger partial charge in [0.15, 0.2) is 0 Å². The average molecular weight is 263 g/mol. The highest BCUT2D eigenvalue weighted by Gasteiger charge is 2.27. The number of nitrogens with two attached hydrogens (primary N) is 1. The minimum absolute atomic E-state index is 0.195. The van der Waals surface area contributed by atoms with Crippen molar-refractivity contribution in [2.45, 2.75) is 32.7 Å². The van der Waals surface area contributed by atoms with Crippen LogP contribution in [0, 0.1) is 23.0 Å². The van der Waals surface area contributed by atoms with E-state index < -0.39 is 0 Å². The number of nitro groups is 1. The van der Waals surface area contributed by atoms with Gasteiger partial charge in [0, 0.05) is 30.9 Å². The molecule has 1 fully saturated rings. The van der Waals surface area contributed by atoms with E-state index in [9.17, 15) is 10.1 Å². The Kier molecular flexibility index (Phi) is 4.04. The summed E-state index contributed by atoms with van der Waals surface area (Å²) in [6.07, 6.45) is 1.99. The molecule has 19 heavy (non-hydrogen) atoms. The summed E-state index contributed by atoms with van der Waals surface area (Å²) in [6.45, 7) is 5.73. The van der Waals surface area contributed by atoms with Gasteiger partial charge in [-0.3, -0.25) is 10.1 Å². The Bertz CT molecular complexity index is 476. The number of nitro benzene ring substituents is 1. The Morgan fingerprint density at radius 1 is 1.53 bits per heavy atom. The third-order valence-corrected chi connectivity index (χ3v) is 4.13. The van der Waals surface area contributed by atoms with Crippen molar-refractivity contribution in [3.05, 3.63) is 33.9 Å². The number of hydrogen-bond acceptors (Lipinski definition) is 4. The van der Waals surface area contributed by atoms with Gasteiger partial charge >= 0.3 is 0 Å². The van der Waals surface area contributed by atoms with E-state index in [1.54, 1.807) is 12.1 Å². The topological polar surface area (TPSA) is 72.4 Å². The molecule has 0 radical (unpaired) electrons. The third kappa shape index (κ3) is 2.71. The minimum Gasteiger partial charge on any atom is -0.371 e. The Hall–Kier alpha value is -1.62. The van der Waals surface area contributed by atoms with Crippen LogP contribution in [0.2, 0.25) is 0 Å². The summed E-state index contributed by atoms with van der Waals surface area (Å²) in [6, 6.07) is 5.54. The molecule has 2 N–H and O–H groups in total.